The third-order valence-electron chi connectivity index (χ3n) is 9.85. The molecule has 0 spiro atoms. The van der Waals surface area contributed by atoms with Gasteiger partial charge in [0.25, 0.3) is 0 Å². The van der Waals surface area contributed by atoms with Crippen LogP contribution >= 0.6 is 0 Å². The summed E-state index contributed by atoms with van der Waals surface area (Å²) < 4.78 is 5.01. The number of benzene rings is 8. The third-order valence-corrected chi connectivity index (χ3v) is 9.85. The molecule has 0 atom stereocenters. The van der Waals surface area contributed by atoms with Gasteiger partial charge in [-0.15, -0.1) is 0 Å². The molecule has 2 heterocycles. The van der Waals surface area contributed by atoms with Crippen molar-refractivity contribution in [2.45, 2.75) is 0 Å². The lowest BCUT2D eigenvalue weighted by molar-refractivity contribution is 1.15. The molecule has 0 bridgehead atoms. The molecule has 0 N–H and O–H groups in total. The van der Waals surface area contributed by atoms with Gasteiger partial charge in [0, 0.05) is 38.3 Å². The monoisotopic (exact) mass is 610 g/mol. The Kier molecular flexibility index (Phi) is 5.91. The van der Waals surface area contributed by atoms with Crippen molar-refractivity contribution in [2.75, 3.05) is 0 Å². The van der Waals surface area contributed by atoms with Crippen molar-refractivity contribution in [3.05, 3.63) is 182 Å². The van der Waals surface area contributed by atoms with E-state index < -0.39 is 0 Å². The van der Waals surface area contributed by atoms with Crippen molar-refractivity contribution >= 4 is 54.4 Å². The molecule has 2 nitrogen and oxygen atoms in total. The highest BCUT2D eigenvalue weighted by Crippen LogP contribution is 2.44. The summed E-state index contributed by atoms with van der Waals surface area (Å²) in [6.07, 6.45) is 0. The molecule has 48 heavy (non-hydrogen) atoms. The Balaban J connectivity index is 1.42. The number of fused-ring (bicyclic) bond motifs is 9. The number of nitrogens with zero attached hydrogens (tertiary/aromatic N) is 2. The number of hydrogen-bond acceptors (Lipinski definition) is 0. The first-order valence-electron chi connectivity index (χ1n) is 16.5. The minimum Gasteiger partial charge on any atom is -0.307 e. The molecule has 224 valence electrons. The lowest BCUT2D eigenvalue weighted by Crippen LogP contribution is -1.99. The second-order valence-corrected chi connectivity index (χ2v) is 12.6. The van der Waals surface area contributed by atoms with Gasteiger partial charge in [-0.05, 0) is 64.0 Å². The minimum absolute atomic E-state index is 1.14. The average molecular weight is 611 g/mol. The van der Waals surface area contributed by atoms with Crippen molar-refractivity contribution in [1.82, 2.24) is 9.13 Å². The van der Waals surface area contributed by atoms with Gasteiger partial charge in [0.15, 0.2) is 0 Å². The normalized spacial score (nSPS) is 11.8. The van der Waals surface area contributed by atoms with Crippen LogP contribution in [0.3, 0.4) is 0 Å². The van der Waals surface area contributed by atoms with Gasteiger partial charge in [-0.3, -0.25) is 0 Å². The Morgan fingerprint density at radius 1 is 0.271 bits per heavy atom. The topological polar surface area (TPSA) is 9.86 Å². The fourth-order valence-electron chi connectivity index (χ4n) is 7.75. The maximum Gasteiger partial charge on any atom is 0.0789 e. The summed E-state index contributed by atoms with van der Waals surface area (Å²) in [5, 5.41) is 7.49. The fourth-order valence-corrected chi connectivity index (χ4v) is 7.75. The first-order chi connectivity index (χ1) is 23.8. The zero-order valence-electron chi connectivity index (χ0n) is 26.2. The van der Waals surface area contributed by atoms with Gasteiger partial charge in [-0.2, -0.15) is 0 Å². The van der Waals surface area contributed by atoms with Gasteiger partial charge >= 0.3 is 0 Å². The van der Waals surface area contributed by atoms with Crippen LogP contribution in [0.5, 0.6) is 0 Å². The lowest BCUT2D eigenvalue weighted by atomic mass is 9.98. The van der Waals surface area contributed by atoms with Crippen molar-refractivity contribution < 1.29 is 0 Å². The van der Waals surface area contributed by atoms with E-state index in [4.69, 9.17) is 0 Å². The lowest BCUT2D eigenvalue weighted by Gasteiger charge is -2.16. The maximum absolute atomic E-state index is 2.51. The number of rotatable bonds is 4. The van der Waals surface area contributed by atoms with E-state index in [-0.39, 0.29) is 0 Å². The number of aromatic nitrogens is 2. The molecule has 2 aromatic heterocycles. The molecule has 10 rings (SSSR count). The zero-order chi connectivity index (χ0) is 31.6. The summed E-state index contributed by atoms with van der Waals surface area (Å²) in [7, 11) is 0. The Labute approximate surface area is 278 Å². The van der Waals surface area contributed by atoms with Crippen molar-refractivity contribution in [1.29, 1.82) is 0 Å². The standard InChI is InChI=1S/C46H30N2/c1-4-14-31(15-5-1)34-28-35(32-16-6-2-7-17-32)30-37(29-34)47-43-23-13-12-22-39(43)40-26-27-42-41-25-24-33-18-10-11-21-38(33)44(41)48(46(42)45(40)47)36-19-8-3-9-20-36/h1-30H. The van der Waals surface area contributed by atoms with E-state index in [9.17, 15) is 0 Å². The first-order valence-corrected chi connectivity index (χ1v) is 16.5. The van der Waals surface area contributed by atoms with Crippen LogP contribution in [0.4, 0.5) is 0 Å². The predicted molar refractivity (Wildman–Crippen MR) is 203 cm³/mol. The van der Waals surface area contributed by atoms with E-state index in [1.54, 1.807) is 0 Å². The molecule has 0 saturated carbocycles. The molecule has 0 amide bonds. The summed E-state index contributed by atoms with van der Waals surface area (Å²) in [4.78, 5) is 0. The molecule has 0 aliphatic heterocycles. The van der Waals surface area contributed by atoms with E-state index in [2.05, 4.69) is 191 Å². The highest BCUT2D eigenvalue weighted by Gasteiger charge is 2.22. The molecule has 0 saturated heterocycles. The largest absolute Gasteiger partial charge is 0.307 e. The Hall–Kier alpha value is -6.38. The van der Waals surface area contributed by atoms with Gasteiger partial charge in [-0.1, -0.05) is 146 Å². The molecule has 10 aromatic rings. The Morgan fingerprint density at radius 3 is 1.46 bits per heavy atom. The van der Waals surface area contributed by atoms with E-state index >= 15 is 0 Å². The first kappa shape index (κ1) is 26.8. The van der Waals surface area contributed by atoms with Crippen LogP contribution in [0.2, 0.25) is 0 Å². The zero-order valence-corrected chi connectivity index (χ0v) is 26.2. The molecule has 0 aliphatic rings. The quantitative estimate of drug-likeness (QED) is 0.188. The number of hydrogen-bond donors (Lipinski definition) is 0. The highest BCUT2D eigenvalue weighted by molar-refractivity contribution is 6.27. The van der Waals surface area contributed by atoms with Crippen LogP contribution in [0.25, 0.3) is 88.0 Å². The molecule has 8 aromatic carbocycles. The van der Waals surface area contributed by atoms with Gasteiger partial charge in [-0.25, -0.2) is 0 Å². The van der Waals surface area contributed by atoms with E-state index in [1.807, 2.05) is 0 Å². The summed E-state index contributed by atoms with van der Waals surface area (Å²) >= 11 is 0. The second kappa shape index (κ2) is 10.6. The van der Waals surface area contributed by atoms with Crippen LogP contribution in [-0.2, 0) is 0 Å². The highest BCUT2D eigenvalue weighted by atomic mass is 15.0. The summed E-state index contributed by atoms with van der Waals surface area (Å²) in [5.41, 5.74) is 11.9. The van der Waals surface area contributed by atoms with Crippen LogP contribution < -0.4 is 0 Å². The number of para-hydroxylation sites is 2. The summed E-state index contributed by atoms with van der Waals surface area (Å²) in [6.45, 7) is 0. The molecule has 0 aliphatic carbocycles. The molecule has 0 radical (unpaired) electrons. The van der Waals surface area contributed by atoms with E-state index in [0.717, 1.165) is 11.4 Å². The van der Waals surface area contributed by atoms with E-state index in [1.165, 1.54) is 76.6 Å². The van der Waals surface area contributed by atoms with Gasteiger partial charge in [0.2, 0.25) is 0 Å². The second-order valence-electron chi connectivity index (χ2n) is 12.6. The molecule has 0 fully saturated rings. The van der Waals surface area contributed by atoms with Crippen LogP contribution in [0, 0.1) is 0 Å². The van der Waals surface area contributed by atoms with Crippen molar-refractivity contribution in [2.24, 2.45) is 0 Å². The van der Waals surface area contributed by atoms with Gasteiger partial charge in [0.1, 0.15) is 0 Å². The third kappa shape index (κ3) is 4.00. The Morgan fingerprint density at radius 2 is 0.771 bits per heavy atom. The van der Waals surface area contributed by atoms with Crippen molar-refractivity contribution in [3.8, 4) is 33.6 Å². The van der Waals surface area contributed by atoms with Crippen molar-refractivity contribution in [3.63, 3.8) is 0 Å². The molecular weight excluding hydrogens is 581 g/mol. The smallest absolute Gasteiger partial charge is 0.0789 e. The van der Waals surface area contributed by atoms with E-state index in [0.29, 0.717) is 0 Å². The average Bonchev–Trinajstić information content (AvgIpc) is 3.69. The fraction of sp³-hybridized carbons (Fsp3) is 0. The Bertz CT molecular complexity index is 2750. The maximum atomic E-state index is 2.51. The summed E-state index contributed by atoms with van der Waals surface area (Å²) in [6, 6.07) is 66.2. The minimum atomic E-state index is 1.14. The van der Waals surface area contributed by atoms with Gasteiger partial charge < -0.3 is 9.13 Å². The predicted octanol–water partition coefficient (Wildman–Crippen LogP) is 12.4. The van der Waals surface area contributed by atoms with Crippen LogP contribution in [-0.4, -0.2) is 9.13 Å². The van der Waals surface area contributed by atoms with Gasteiger partial charge in [0.05, 0.1) is 22.1 Å². The van der Waals surface area contributed by atoms with Crippen LogP contribution in [0.15, 0.2) is 182 Å². The summed E-state index contributed by atoms with van der Waals surface area (Å²) in [5.74, 6) is 0. The SMILES string of the molecule is c1ccc(-c2cc(-c3ccccc3)cc(-n3c4ccccc4c4ccc5c6ccc7ccccc7c6n(-c6ccccc6)c5c43)c2)cc1. The molecular formula is C46H30N2. The van der Waals surface area contributed by atoms with Crippen LogP contribution in [0.1, 0.15) is 0 Å². The molecule has 2 heteroatoms. The molecule has 0 unspecified atom stereocenters.